The molecule has 1 aromatic carbocycles. The molecule has 5 rings (SSSR count). The Morgan fingerprint density at radius 3 is 2.53 bits per heavy atom. The lowest BCUT2D eigenvalue weighted by Gasteiger charge is -2.32. The van der Waals surface area contributed by atoms with E-state index in [0.29, 0.717) is 38.3 Å². The molecule has 0 unspecified atom stereocenters. The molecule has 32 heavy (non-hydrogen) atoms. The number of hydrogen-bond donors (Lipinski definition) is 1. The van der Waals surface area contributed by atoms with Crippen molar-refractivity contribution < 1.29 is 14.4 Å². The number of amides is 3. The zero-order chi connectivity index (χ0) is 22.2. The van der Waals surface area contributed by atoms with E-state index in [9.17, 15) is 14.4 Å². The van der Waals surface area contributed by atoms with E-state index >= 15 is 0 Å². The van der Waals surface area contributed by atoms with Crippen LogP contribution in [0.1, 0.15) is 47.4 Å². The minimum atomic E-state index is -0.250. The Hall–Kier alpha value is -3.16. The first kappa shape index (κ1) is 20.7. The van der Waals surface area contributed by atoms with Gasteiger partial charge in [-0.05, 0) is 37.8 Å². The number of para-hydroxylation sites is 1. The van der Waals surface area contributed by atoms with Gasteiger partial charge in [-0.3, -0.25) is 19.1 Å². The Bertz CT molecular complexity index is 1040. The largest absolute Gasteiger partial charge is 0.338 e. The maximum absolute atomic E-state index is 13.4. The van der Waals surface area contributed by atoms with Crippen molar-refractivity contribution in [3.05, 3.63) is 47.3 Å². The number of piperidine rings is 1. The summed E-state index contributed by atoms with van der Waals surface area (Å²) in [6.45, 7) is 2.13. The number of nitrogens with zero attached hydrogens (tertiary/aromatic N) is 4. The van der Waals surface area contributed by atoms with Crippen molar-refractivity contribution in [3.63, 3.8) is 0 Å². The summed E-state index contributed by atoms with van der Waals surface area (Å²) in [4.78, 5) is 42.5. The summed E-state index contributed by atoms with van der Waals surface area (Å²) in [6, 6.07) is 9.39. The van der Waals surface area contributed by atoms with Crippen molar-refractivity contribution in [2.75, 3.05) is 25.0 Å². The van der Waals surface area contributed by atoms with Crippen molar-refractivity contribution in [1.82, 2.24) is 19.6 Å². The first-order valence-corrected chi connectivity index (χ1v) is 11.5. The smallest absolute Gasteiger partial charge is 0.274 e. The first-order valence-electron chi connectivity index (χ1n) is 11.5. The average Bonchev–Trinajstić information content (AvgIpc) is 3.62. The van der Waals surface area contributed by atoms with E-state index in [1.54, 1.807) is 9.58 Å². The summed E-state index contributed by atoms with van der Waals surface area (Å²) in [5, 5.41) is 7.51. The zero-order valence-electron chi connectivity index (χ0n) is 18.4. The topological polar surface area (TPSA) is 87.5 Å². The van der Waals surface area contributed by atoms with Gasteiger partial charge in [-0.2, -0.15) is 5.10 Å². The molecule has 1 atom stereocenters. The number of benzene rings is 1. The van der Waals surface area contributed by atoms with Gasteiger partial charge in [-0.15, -0.1) is 0 Å². The lowest BCUT2D eigenvalue weighted by Crippen LogP contribution is -2.44. The van der Waals surface area contributed by atoms with E-state index in [-0.39, 0.29) is 29.6 Å². The van der Waals surface area contributed by atoms with Crippen LogP contribution in [-0.2, 0) is 29.6 Å². The second-order valence-corrected chi connectivity index (χ2v) is 9.13. The third-order valence-corrected chi connectivity index (χ3v) is 6.80. The Labute approximate surface area is 187 Å². The van der Waals surface area contributed by atoms with Crippen LogP contribution in [0.5, 0.6) is 0 Å². The predicted octanol–water partition coefficient (Wildman–Crippen LogP) is 2.21. The van der Waals surface area contributed by atoms with E-state index in [1.807, 2.05) is 42.3 Å². The highest BCUT2D eigenvalue weighted by molar-refractivity contribution is 5.96. The van der Waals surface area contributed by atoms with Crippen molar-refractivity contribution in [2.45, 2.75) is 38.6 Å². The summed E-state index contributed by atoms with van der Waals surface area (Å²) in [7, 11) is 1.86. The number of carbonyl (C=O) groups is 3. The molecule has 0 radical (unpaired) electrons. The standard InChI is InChI=1S/C24H29N5O3/c1-27-20-11-13-29(23(31)16-9-10-16)15-19(20)21(26-27)24(32)28-12-5-6-17(14-28)22(30)25-18-7-3-2-4-8-18/h2-4,7-8,16-17H,5-6,9-15H2,1H3,(H,25,30)/t17-/m0/s1. The van der Waals surface area contributed by atoms with Crippen LogP contribution in [0, 0.1) is 11.8 Å². The fraction of sp³-hybridized carbons (Fsp3) is 0.500. The maximum Gasteiger partial charge on any atom is 0.274 e. The summed E-state index contributed by atoms with van der Waals surface area (Å²) in [5.41, 5.74) is 3.09. The fourth-order valence-corrected chi connectivity index (χ4v) is 4.83. The van der Waals surface area contributed by atoms with Gasteiger partial charge in [0.1, 0.15) is 0 Å². The number of rotatable bonds is 4. The zero-order valence-corrected chi connectivity index (χ0v) is 18.4. The summed E-state index contributed by atoms with van der Waals surface area (Å²) < 4.78 is 1.78. The van der Waals surface area contributed by atoms with Gasteiger partial charge in [0, 0.05) is 62.5 Å². The van der Waals surface area contributed by atoms with E-state index < -0.39 is 0 Å². The lowest BCUT2D eigenvalue weighted by molar-refractivity contribution is -0.133. The van der Waals surface area contributed by atoms with Gasteiger partial charge in [0.2, 0.25) is 11.8 Å². The Kier molecular flexibility index (Phi) is 5.45. The molecule has 0 bridgehead atoms. The van der Waals surface area contributed by atoms with Crippen LogP contribution >= 0.6 is 0 Å². The van der Waals surface area contributed by atoms with Crippen LogP contribution in [0.15, 0.2) is 30.3 Å². The number of aromatic nitrogens is 2. The van der Waals surface area contributed by atoms with E-state index in [1.165, 1.54) is 0 Å². The van der Waals surface area contributed by atoms with Gasteiger partial charge in [-0.1, -0.05) is 18.2 Å². The summed E-state index contributed by atoms with van der Waals surface area (Å²) in [6.07, 6.45) is 4.20. The van der Waals surface area contributed by atoms with Crippen molar-refractivity contribution in [1.29, 1.82) is 0 Å². The predicted molar refractivity (Wildman–Crippen MR) is 119 cm³/mol. The molecule has 1 saturated carbocycles. The highest BCUT2D eigenvalue weighted by atomic mass is 16.2. The molecule has 3 heterocycles. The van der Waals surface area contributed by atoms with E-state index in [4.69, 9.17) is 0 Å². The molecular formula is C24H29N5O3. The minimum Gasteiger partial charge on any atom is -0.338 e. The Morgan fingerprint density at radius 2 is 1.78 bits per heavy atom. The molecule has 3 aliphatic rings. The lowest BCUT2D eigenvalue weighted by atomic mass is 9.96. The van der Waals surface area contributed by atoms with Crippen molar-refractivity contribution >= 4 is 23.4 Å². The molecule has 2 aliphatic heterocycles. The van der Waals surface area contributed by atoms with Gasteiger partial charge in [0.15, 0.2) is 5.69 Å². The molecule has 8 heteroatoms. The van der Waals surface area contributed by atoms with Gasteiger partial charge in [0.05, 0.1) is 5.92 Å². The second-order valence-electron chi connectivity index (χ2n) is 9.13. The van der Waals surface area contributed by atoms with E-state index in [0.717, 1.165) is 42.6 Å². The molecule has 1 aromatic heterocycles. The average molecular weight is 436 g/mol. The molecule has 8 nitrogen and oxygen atoms in total. The van der Waals surface area contributed by atoms with Gasteiger partial charge in [-0.25, -0.2) is 0 Å². The van der Waals surface area contributed by atoms with Gasteiger partial charge < -0.3 is 15.1 Å². The molecule has 1 saturated heterocycles. The molecule has 2 aromatic rings. The monoisotopic (exact) mass is 435 g/mol. The number of anilines is 1. The third kappa shape index (κ3) is 4.01. The van der Waals surface area contributed by atoms with E-state index in [2.05, 4.69) is 10.4 Å². The Balaban J connectivity index is 1.30. The van der Waals surface area contributed by atoms with Gasteiger partial charge >= 0.3 is 0 Å². The number of fused-ring (bicyclic) bond motifs is 1. The molecule has 3 amide bonds. The van der Waals surface area contributed by atoms with Crippen LogP contribution in [-0.4, -0.2) is 56.9 Å². The Morgan fingerprint density at radius 1 is 1.00 bits per heavy atom. The molecular weight excluding hydrogens is 406 g/mol. The van der Waals surface area contributed by atoms with Crippen molar-refractivity contribution in [3.8, 4) is 0 Å². The highest BCUT2D eigenvalue weighted by Crippen LogP contribution is 2.33. The third-order valence-electron chi connectivity index (χ3n) is 6.80. The first-order chi connectivity index (χ1) is 15.5. The van der Waals surface area contributed by atoms with Crippen LogP contribution < -0.4 is 5.32 Å². The van der Waals surface area contributed by atoms with Crippen LogP contribution in [0.3, 0.4) is 0 Å². The number of aryl methyl sites for hydroxylation is 1. The molecule has 2 fully saturated rings. The fourth-order valence-electron chi connectivity index (χ4n) is 4.83. The minimum absolute atomic E-state index is 0.0574. The number of hydrogen-bond acceptors (Lipinski definition) is 4. The van der Waals surface area contributed by atoms with Gasteiger partial charge in [0.25, 0.3) is 5.91 Å². The quantitative estimate of drug-likeness (QED) is 0.798. The SMILES string of the molecule is Cn1nc(C(=O)N2CCC[C@H](C(=O)Nc3ccccc3)C2)c2c1CCN(C(=O)C1CC1)C2. The maximum atomic E-state index is 13.4. The van der Waals surface area contributed by atoms with Crippen LogP contribution in [0.25, 0.3) is 0 Å². The number of nitrogens with one attached hydrogen (secondary N) is 1. The summed E-state index contributed by atoms with van der Waals surface area (Å²) in [5.74, 6) is -0.0787. The second kappa shape index (κ2) is 8.41. The number of carbonyl (C=O) groups excluding carboxylic acids is 3. The summed E-state index contributed by atoms with van der Waals surface area (Å²) >= 11 is 0. The van der Waals surface area contributed by atoms with Crippen molar-refractivity contribution in [2.24, 2.45) is 18.9 Å². The highest BCUT2D eigenvalue weighted by Gasteiger charge is 2.38. The molecule has 1 aliphatic carbocycles. The molecule has 168 valence electrons. The number of likely N-dealkylation sites (tertiary alicyclic amines) is 1. The normalized spacial score (nSPS) is 20.6. The van der Waals surface area contributed by atoms with Crippen LogP contribution in [0.2, 0.25) is 0 Å². The molecule has 0 spiro atoms. The van der Waals surface area contributed by atoms with Crippen LogP contribution in [0.4, 0.5) is 5.69 Å². The molecule has 1 N–H and O–H groups in total.